The minimum Gasteiger partial charge on any atom is -0.496 e. The standard InChI is InChI=1S/C19H20ClNO2/c1-23-17-8-3-2-5-14(17)11-18(22)21-13-19(9-10-19)15-6-4-7-16(20)12-15/h2-8,12H,9-11,13H2,1H3,(H,21,22). The van der Waals surface area contributed by atoms with E-state index in [0.717, 1.165) is 29.2 Å². The first-order chi connectivity index (χ1) is 11.1. The molecule has 23 heavy (non-hydrogen) atoms. The van der Waals surface area contributed by atoms with Crippen molar-refractivity contribution in [2.24, 2.45) is 0 Å². The van der Waals surface area contributed by atoms with Gasteiger partial charge >= 0.3 is 0 Å². The molecule has 0 radical (unpaired) electrons. The molecule has 0 unspecified atom stereocenters. The number of amides is 1. The molecule has 0 heterocycles. The van der Waals surface area contributed by atoms with Gasteiger partial charge in [0.05, 0.1) is 13.5 Å². The van der Waals surface area contributed by atoms with Crippen molar-refractivity contribution in [2.75, 3.05) is 13.7 Å². The highest BCUT2D eigenvalue weighted by atomic mass is 35.5. The molecule has 1 fully saturated rings. The van der Waals surface area contributed by atoms with Crippen LogP contribution in [0.4, 0.5) is 0 Å². The number of carbonyl (C=O) groups is 1. The number of carbonyl (C=O) groups excluding carboxylic acids is 1. The van der Waals surface area contributed by atoms with Crippen molar-refractivity contribution in [3.63, 3.8) is 0 Å². The lowest BCUT2D eigenvalue weighted by molar-refractivity contribution is -0.120. The van der Waals surface area contributed by atoms with Gasteiger partial charge in [0, 0.05) is 22.5 Å². The van der Waals surface area contributed by atoms with Crippen molar-refractivity contribution >= 4 is 17.5 Å². The molecule has 4 heteroatoms. The summed E-state index contributed by atoms with van der Waals surface area (Å²) in [6, 6.07) is 15.5. The number of benzene rings is 2. The van der Waals surface area contributed by atoms with Crippen molar-refractivity contribution in [1.29, 1.82) is 0 Å². The van der Waals surface area contributed by atoms with Crippen LogP contribution in [0.15, 0.2) is 48.5 Å². The third-order valence-electron chi connectivity index (χ3n) is 4.46. The smallest absolute Gasteiger partial charge is 0.224 e. The Balaban J connectivity index is 1.61. The van der Waals surface area contributed by atoms with E-state index in [9.17, 15) is 4.79 Å². The van der Waals surface area contributed by atoms with Gasteiger partial charge in [-0.15, -0.1) is 0 Å². The van der Waals surface area contributed by atoms with Gasteiger partial charge in [0.1, 0.15) is 5.75 Å². The molecule has 120 valence electrons. The largest absolute Gasteiger partial charge is 0.496 e. The molecular weight excluding hydrogens is 310 g/mol. The van der Waals surface area contributed by atoms with E-state index in [1.807, 2.05) is 42.5 Å². The van der Waals surface area contributed by atoms with Crippen LogP contribution in [0.1, 0.15) is 24.0 Å². The van der Waals surface area contributed by atoms with Gasteiger partial charge in [0.25, 0.3) is 0 Å². The second kappa shape index (κ2) is 6.63. The topological polar surface area (TPSA) is 38.3 Å². The molecule has 0 aromatic heterocycles. The molecule has 0 bridgehead atoms. The predicted molar refractivity (Wildman–Crippen MR) is 92.1 cm³/mol. The molecule has 3 rings (SSSR count). The van der Waals surface area contributed by atoms with Gasteiger partial charge in [-0.05, 0) is 36.6 Å². The molecule has 1 amide bonds. The average molecular weight is 330 g/mol. The number of halogens is 1. The predicted octanol–water partition coefficient (Wildman–Crippen LogP) is 3.74. The number of ether oxygens (including phenoxy) is 1. The number of nitrogens with one attached hydrogen (secondary N) is 1. The zero-order valence-electron chi connectivity index (χ0n) is 13.1. The Morgan fingerprint density at radius 3 is 2.70 bits per heavy atom. The van der Waals surface area contributed by atoms with E-state index < -0.39 is 0 Å². The van der Waals surface area contributed by atoms with Gasteiger partial charge in [-0.1, -0.05) is 41.9 Å². The molecule has 2 aromatic rings. The van der Waals surface area contributed by atoms with E-state index in [1.165, 1.54) is 5.56 Å². The highest BCUT2D eigenvalue weighted by molar-refractivity contribution is 6.30. The summed E-state index contributed by atoms with van der Waals surface area (Å²) in [5.74, 6) is 0.765. The molecule has 2 aromatic carbocycles. The Morgan fingerprint density at radius 2 is 2.00 bits per heavy atom. The van der Waals surface area contributed by atoms with E-state index in [1.54, 1.807) is 7.11 Å². The van der Waals surface area contributed by atoms with Crippen LogP contribution in [0.25, 0.3) is 0 Å². The normalized spacial score (nSPS) is 15.0. The highest BCUT2D eigenvalue weighted by Gasteiger charge is 2.44. The Morgan fingerprint density at radius 1 is 1.22 bits per heavy atom. The van der Waals surface area contributed by atoms with E-state index >= 15 is 0 Å². The molecule has 0 spiro atoms. The van der Waals surface area contributed by atoms with E-state index in [0.29, 0.717) is 13.0 Å². The molecular formula is C19H20ClNO2. The second-order valence-corrected chi connectivity index (χ2v) is 6.49. The van der Waals surface area contributed by atoms with Gasteiger partial charge in [0.15, 0.2) is 0 Å². The summed E-state index contributed by atoms with van der Waals surface area (Å²) in [7, 11) is 1.62. The second-order valence-electron chi connectivity index (χ2n) is 6.06. The van der Waals surface area contributed by atoms with Crippen LogP contribution in [-0.2, 0) is 16.6 Å². The summed E-state index contributed by atoms with van der Waals surface area (Å²) in [6.07, 6.45) is 2.50. The molecule has 1 aliphatic carbocycles. The summed E-state index contributed by atoms with van der Waals surface area (Å²) in [6.45, 7) is 0.654. The highest BCUT2D eigenvalue weighted by Crippen LogP contribution is 2.48. The van der Waals surface area contributed by atoms with Gasteiger partial charge in [-0.3, -0.25) is 4.79 Å². The molecule has 0 saturated heterocycles. The first-order valence-electron chi connectivity index (χ1n) is 7.78. The summed E-state index contributed by atoms with van der Waals surface area (Å²) in [5.41, 5.74) is 2.17. The molecule has 1 N–H and O–H groups in total. The van der Waals surface area contributed by atoms with Crippen molar-refractivity contribution < 1.29 is 9.53 Å². The Kier molecular flexibility index (Phi) is 4.58. The molecule has 0 aliphatic heterocycles. The lowest BCUT2D eigenvalue weighted by atomic mass is 9.96. The van der Waals surface area contributed by atoms with Crippen LogP contribution in [-0.4, -0.2) is 19.6 Å². The SMILES string of the molecule is COc1ccccc1CC(=O)NCC1(c2cccc(Cl)c2)CC1. The average Bonchev–Trinajstić information content (AvgIpc) is 3.35. The summed E-state index contributed by atoms with van der Waals surface area (Å²) < 4.78 is 5.29. The number of hydrogen-bond acceptors (Lipinski definition) is 2. The Hall–Kier alpha value is -2.00. The fourth-order valence-electron chi connectivity index (χ4n) is 2.89. The lowest BCUT2D eigenvalue weighted by Gasteiger charge is -2.17. The molecule has 1 saturated carbocycles. The van der Waals surface area contributed by atoms with Crippen molar-refractivity contribution in [3.8, 4) is 5.75 Å². The van der Waals surface area contributed by atoms with E-state index in [-0.39, 0.29) is 11.3 Å². The summed E-state index contributed by atoms with van der Waals surface area (Å²) in [4.78, 5) is 12.3. The number of rotatable bonds is 6. The molecule has 0 atom stereocenters. The Labute approximate surface area is 141 Å². The lowest BCUT2D eigenvalue weighted by Crippen LogP contribution is -2.33. The quantitative estimate of drug-likeness (QED) is 0.876. The minimum atomic E-state index is 0.0165. The minimum absolute atomic E-state index is 0.0165. The van der Waals surface area contributed by atoms with Gasteiger partial charge < -0.3 is 10.1 Å². The van der Waals surface area contributed by atoms with Crippen LogP contribution in [0.2, 0.25) is 5.02 Å². The summed E-state index contributed by atoms with van der Waals surface area (Å²) in [5, 5.41) is 3.81. The number of hydrogen-bond donors (Lipinski definition) is 1. The van der Waals surface area contributed by atoms with Crippen LogP contribution in [0.5, 0.6) is 5.75 Å². The van der Waals surface area contributed by atoms with Crippen LogP contribution in [0, 0.1) is 0 Å². The zero-order valence-corrected chi connectivity index (χ0v) is 13.9. The fourth-order valence-corrected chi connectivity index (χ4v) is 3.08. The Bertz CT molecular complexity index is 710. The number of para-hydroxylation sites is 1. The van der Waals surface area contributed by atoms with Crippen LogP contribution < -0.4 is 10.1 Å². The van der Waals surface area contributed by atoms with Crippen molar-refractivity contribution in [1.82, 2.24) is 5.32 Å². The monoisotopic (exact) mass is 329 g/mol. The fraction of sp³-hybridized carbons (Fsp3) is 0.316. The first-order valence-corrected chi connectivity index (χ1v) is 8.15. The number of methoxy groups -OCH3 is 1. The van der Waals surface area contributed by atoms with E-state index in [4.69, 9.17) is 16.3 Å². The third kappa shape index (κ3) is 3.67. The maximum absolute atomic E-state index is 12.3. The van der Waals surface area contributed by atoms with Gasteiger partial charge in [-0.25, -0.2) is 0 Å². The first kappa shape index (κ1) is 15.9. The van der Waals surface area contributed by atoms with E-state index in [2.05, 4.69) is 11.4 Å². The molecule has 3 nitrogen and oxygen atoms in total. The molecule has 1 aliphatic rings. The zero-order chi connectivity index (χ0) is 16.3. The van der Waals surface area contributed by atoms with Crippen molar-refractivity contribution in [3.05, 3.63) is 64.7 Å². The third-order valence-corrected chi connectivity index (χ3v) is 4.69. The van der Waals surface area contributed by atoms with Gasteiger partial charge in [-0.2, -0.15) is 0 Å². The maximum atomic E-state index is 12.3. The van der Waals surface area contributed by atoms with Crippen LogP contribution >= 0.6 is 11.6 Å². The van der Waals surface area contributed by atoms with Crippen LogP contribution in [0.3, 0.4) is 0 Å². The van der Waals surface area contributed by atoms with Gasteiger partial charge in [0.2, 0.25) is 5.91 Å². The van der Waals surface area contributed by atoms with Crippen molar-refractivity contribution in [2.45, 2.75) is 24.7 Å². The summed E-state index contributed by atoms with van der Waals surface area (Å²) >= 11 is 6.08. The maximum Gasteiger partial charge on any atom is 0.224 e.